The van der Waals surface area contributed by atoms with Crippen molar-refractivity contribution in [2.75, 3.05) is 0 Å². The van der Waals surface area contributed by atoms with Crippen molar-refractivity contribution >= 4 is 11.7 Å². The number of hydrogen-bond donors (Lipinski definition) is 1. The van der Waals surface area contributed by atoms with Gasteiger partial charge in [-0.15, -0.1) is 0 Å². The number of rotatable bonds is 2. The first-order valence-electron chi connectivity index (χ1n) is 4.52. The number of carboxylic acids is 1. The molecule has 2 heterocycles. The summed E-state index contributed by atoms with van der Waals surface area (Å²) in [5, 5.41) is 16.3. The number of nitrogens with zero attached hydrogens (tertiary/aromatic N) is 2. The molecule has 80 valence electrons. The molecule has 1 aliphatic rings. The summed E-state index contributed by atoms with van der Waals surface area (Å²) < 4.78 is 4.95. The lowest BCUT2D eigenvalue weighted by Crippen LogP contribution is -2.08. The van der Waals surface area contributed by atoms with Crippen LogP contribution in [0.2, 0.25) is 0 Å². The minimum Gasteiger partial charge on any atom is -0.477 e. The number of oxime groups is 1. The third kappa shape index (κ3) is 1.58. The van der Waals surface area contributed by atoms with Gasteiger partial charge in [0.15, 0.2) is 5.76 Å². The van der Waals surface area contributed by atoms with Gasteiger partial charge < -0.3 is 14.5 Å². The van der Waals surface area contributed by atoms with Crippen molar-refractivity contribution in [1.29, 1.82) is 0 Å². The summed E-state index contributed by atoms with van der Waals surface area (Å²) in [7, 11) is 0. The van der Waals surface area contributed by atoms with Crippen molar-refractivity contribution in [1.82, 2.24) is 5.16 Å². The fraction of sp³-hybridized carbons (Fsp3) is 0.444. The standard InChI is InChI=1S/C9H10N2O4/c1-4-3-6(11-14-4)8-7(9(12)13)5(2)10-15-8/h4H,3H2,1-2H3,(H,12,13). The molecule has 15 heavy (non-hydrogen) atoms. The summed E-state index contributed by atoms with van der Waals surface area (Å²) in [6, 6.07) is 0. The molecule has 6 nitrogen and oxygen atoms in total. The van der Waals surface area contributed by atoms with Crippen molar-refractivity contribution in [2.45, 2.75) is 26.4 Å². The van der Waals surface area contributed by atoms with Gasteiger partial charge in [0, 0.05) is 6.42 Å². The van der Waals surface area contributed by atoms with Crippen molar-refractivity contribution in [3.05, 3.63) is 17.0 Å². The van der Waals surface area contributed by atoms with Gasteiger partial charge in [0.25, 0.3) is 0 Å². The molecule has 0 fully saturated rings. The van der Waals surface area contributed by atoms with Gasteiger partial charge in [-0.1, -0.05) is 10.3 Å². The largest absolute Gasteiger partial charge is 0.477 e. The monoisotopic (exact) mass is 210 g/mol. The Bertz CT molecular complexity index is 435. The molecule has 1 atom stereocenters. The quantitative estimate of drug-likeness (QED) is 0.792. The van der Waals surface area contributed by atoms with Gasteiger partial charge in [-0.3, -0.25) is 0 Å². The van der Waals surface area contributed by atoms with Crippen LogP contribution in [-0.2, 0) is 4.84 Å². The number of aromatic nitrogens is 1. The van der Waals surface area contributed by atoms with Crippen LogP contribution < -0.4 is 0 Å². The molecule has 0 spiro atoms. The molecular weight excluding hydrogens is 200 g/mol. The van der Waals surface area contributed by atoms with E-state index in [1.165, 1.54) is 0 Å². The van der Waals surface area contributed by atoms with E-state index < -0.39 is 5.97 Å². The summed E-state index contributed by atoms with van der Waals surface area (Å²) in [5.41, 5.74) is 0.909. The van der Waals surface area contributed by atoms with E-state index in [2.05, 4.69) is 10.3 Å². The van der Waals surface area contributed by atoms with Crippen LogP contribution in [-0.4, -0.2) is 28.0 Å². The first kappa shape index (κ1) is 9.70. The van der Waals surface area contributed by atoms with Gasteiger partial charge in [-0.05, 0) is 13.8 Å². The lowest BCUT2D eigenvalue weighted by atomic mass is 10.1. The van der Waals surface area contributed by atoms with Gasteiger partial charge in [-0.2, -0.15) is 0 Å². The molecule has 0 bridgehead atoms. The van der Waals surface area contributed by atoms with Crippen molar-refractivity contribution in [2.24, 2.45) is 5.16 Å². The number of aromatic carboxylic acids is 1. The second kappa shape index (κ2) is 3.38. The summed E-state index contributed by atoms with van der Waals surface area (Å²) in [6.07, 6.45) is 0.488. The Labute approximate surface area is 85.5 Å². The molecule has 6 heteroatoms. The zero-order valence-corrected chi connectivity index (χ0v) is 8.35. The molecule has 0 amide bonds. The van der Waals surface area contributed by atoms with E-state index >= 15 is 0 Å². The third-order valence-electron chi connectivity index (χ3n) is 2.16. The zero-order valence-electron chi connectivity index (χ0n) is 8.35. The second-order valence-corrected chi connectivity index (χ2v) is 3.44. The van der Waals surface area contributed by atoms with Gasteiger partial charge in [0.1, 0.15) is 17.4 Å². The lowest BCUT2D eigenvalue weighted by Gasteiger charge is -1.96. The van der Waals surface area contributed by atoms with Crippen molar-refractivity contribution in [3.63, 3.8) is 0 Å². The van der Waals surface area contributed by atoms with E-state index in [0.717, 1.165) is 0 Å². The Balaban J connectivity index is 2.41. The van der Waals surface area contributed by atoms with Crippen molar-refractivity contribution < 1.29 is 19.3 Å². The maximum absolute atomic E-state index is 10.9. The van der Waals surface area contributed by atoms with Crippen molar-refractivity contribution in [3.8, 4) is 0 Å². The topological polar surface area (TPSA) is 84.9 Å². The summed E-state index contributed by atoms with van der Waals surface area (Å²) in [6.45, 7) is 3.43. The molecule has 1 unspecified atom stereocenters. The van der Waals surface area contributed by atoms with E-state index in [-0.39, 0.29) is 17.4 Å². The summed E-state index contributed by atoms with van der Waals surface area (Å²) in [4.78, 5) is 15.9. The maximum atomic E-state index is 10.9. The average molecular weight is 210 g/mol. The van der Waals surface area contributed by atoms with E-state index in [1.807, 2.05) is 6.92 Å². The minimum atomic E-state index is -1.06. The molecule has 1 aliphatic heterocycles. The van der Waals surface area contributed by atoms with Crippen LogP contribution in [0.4, 0.5) is 0 Å². The highest BCUT2D eigenvalue weighted by molar-refractivity contribution is 6.07. The Kier molecular flexibility index (Phi) is 2.18. The fourth-order valence-electron chi connectivity index (χ4n) is 1.45. The number of aryl methyl sites for hydroxylation is 1. The zero-order chi connectivity index (χ0) is 11.0. The van der Waals surface area contributed by atoms with Crippen LogP contribution in [0, 0.1) is 6.92 Å². The van der Waals surface area contributed by atoms with Crippen LogP contribution in [0.15, 0.2) is 9.68 Å². The number of carboxylic acid groups (broad SMARTS) is 1. The molecule has 1 aromatic rings. The maximum Gasteiger partial charge on any atom is 0.341 e. The fourth-order valence-corrected chi connectivity index (χ4v) is 1.45. The molecule has 0 radical (unpaired) electrons. The Hall–Kier alpha value is -1.85. The highest BCUT2D eigenvalue weighted by Crippen LogP contribution is 2.21. The number of hydrogen-bond acceptors (Lipinski definition) is 5. The SMILES string of the molecule is Cc1noc(C2=NOC(C)C2)c1C(=O)O. The normalized spacial score (nSPS) is 19.9. The van der Waals surface area contributed by atoms with Gasteiger partial charge in [-0.25, -0.2) is 4.79 Å². The third-order valence-corrected chi connectivity index (χ3v) is 2.16. The van der Waals surface area contributed by atoms with E-state index in [0.29, 0.717) is 17.8 Å². The Morgan fingerprint density at radius 1 is 1.60 bits per heavy atom. The van der Waals surface area contributed by atoms with Gasteiger partial charge >= 0.3 is 5.97 Å². The first-order chi connectivity index (χ1) is 7.09. The van der Waals surface area contributed by atoms with Crippen LogP contribution in [0.3, 0.4) is 0 Å². The highest BCUT2D eigenvalue weighted by atomic mass is 16.6. The van der Waals surface area contributed by atoms with Gasteiger partial charge in [0.05, 0.1) is 5.69 Å². The second-order valence-electron chi connectivity index (χ2n) is 3.44. The van der Waals surface area contributed by atoms with Crippen LogP contribution >= 0.6 is 0 Å². The predicted octanol–water partition coefficient (Wildman–Crippen LogP) is 1.19. The van der Waals surface area contributed by atoms with E-state index in [1.54, 1.807) is 6.92 Å². The molecule has 0 saturated heterocycles. The van der Waals surface area contributed by atoms with E-state index in [9.17, 15) is 4.79 Å². The molecular formula is C9H10N2O4. The smallest absolute Gasteiger partial charge is 0.341 e. The first-order valence-corrected chi connectivity index (χ1v) is 4.52. The minimum absolute atomic E-state index is 0.0490. The molecule has 0 aliphatic carbocycles. The summed E-state index contributed by atoms with van der Waals surface area (Å²) >= 11 is 0. The molecule has 1 aromatic heterocycles. The average Bonchev–Trinajstić information content (AvgIpc) is 2.71. The molecule has 2 rings (SSSR count). The Morgan fingerprint density at radius 2 is 2.33 bits per heavy atom. The van der Waals surface area contributed by atoms with Crippen LogP contribution in [0.5, 0.6) is 0 Å². The molecule has 0 saturated carbocycles. The van der Waals surface area contributed by atoms with E-state index in [4.69, 9.17) is 14.5 Å². The number of carbonyl (C=O) groups is 1. The lowest BCUT2D eigenvalue weighted by molar-refractivity contribution is 0.0695. The highest BCUT2D eigenvalue weighted by Gasteiger charge is 2.28. The van der Waals surface area contributed by atoms with Crippen LogP contribution in [0.25, 0.3) is 0 Å². The van der Waals surface area contributed by atoms with Crippen LogP contribution in [0.1, 0.15) is 35.2 Å². The predicted molar refractivity (Wildman–Crippen MR) is 49.9 cm³/mol. The molecule has 1 N–H and O–H groups in total. The summed E-state index contributed by atoms with van der Waals surface area (Å²) in [5.74, 6) is -0.865. The van der Waals surface area contributed by atoms with Gasteiger partial charge in [0.2, 0.25) is 0 Å². The molecule has 0 aromatic carbocycles. The Morgan fingerprint density at radius 3 is 2.87 bits per heavy atom.